The van der Waals surface area contributed by atoms with Gasteiger partial charge in [0.2, 0.25) is 11.7 Å². The lowest BCUT2D eigenvalue weighted by atomic mass is 10.2. The van der Waals surface area contributed by atoms with Gasteiger partial charge in [-0.05, 0) is 31.3 Å². The maximum Gasteiger partial charge on any atom is 0.240 e. The zero-order valence-electron chi connectivity index (χ0n) is 9.23. The Labute approximate surface area is 93.4 Å². The third-order valence-corrected chi connectivity index (χ3v) is 2.14. The second-order valence-corrected chi connectivity index (χ2v) is 3.27. The normalized spacial score (nSPS) is 10.4. The molecule has 0 fully saturated rings. The van der Waals surface area contributed by atoms with Gasteiger partial charge in [0.05, 0.1) is 13.7 Å². The molecule has 0 aliphatic heterocycles. The standard InChI is InChI=1S/C11H13N3O2/c1-12-7-10-13-11(14-16-10)8-3-5-9(15-2)6-4-8/h3-6,12H,7H2,1-2H3. The molecular formula is C11H13N3O2. The molecule has 0 saturated heterocycles. The van der Waals surface area contributed by atoms with Crippen molar-refractivity contribution in [3.05, 3.63) is 30.2 Å². The fourth-order valence-corrected chi connectivity index (χ4v) is 1.34. The van der Waals surface area contributed by atoms with Gasteiger partial charge in [0.1, 0.15) is 5.75 Å². The van der Waals surface area contributed by atoms with Crippen molar-refractivity contribution in [2.24, 2.45) is 0 Å². The van der Waals surface area contributed by atoms with E-state index in [0.29, 0.717) is 18.3 Å². The molecule has 5 nitrogen and oxygen atoms in total. The third-order valence-electron chi connectivity index (χ3n) is 2.14. The van der Waals surface area contributed by atoms with Crippen LogP contribution in [0.3, 0.4) is 0 Å². The number of methoxy groups -OCH3 is 1. The fourth-order valence-electron chi connectivity index (χ4n) is 1.34. The van der Waals surface area contributed by atoms with Gasteiger partial charge in [-0.3, -0.25) is 0 Å². The minimum Gasteiger partial charge on any atom is -0.497 e. The molecule has 2 rings (SSSR count). The molecule has 1 N–H and O–H groups in total. The van der Waals surface area contributed by atoms with Crippen molar-refractivity contribution in [3.63, 3.8) is 0 Å². The van der Waals surface area contributed by atoms with Gasteiger partial charge in [-0.2, -0.15) is 4.98 Å². The minimum atomic E-state index is 0.573. The quantitative estimate of drug-likeness (QED) is 0.843. The van der Waals surface area contributed by atoms with Crippen molar-refractivity contribution < 1.29 is 9.26 Å². The molecule has 1 aromatic heterocycles. The Morgan fingerprint density at radius 1 is 1.31 bits per heavy atom. The largest absolute Gasteiger partial charge is 0.497 e. The number of rotatable bonds is 4. The van der Waals surface area contributed by atoms with E-state index in [2.05, 4.69) is 15.5 Å². The Hall–Kier alpha value is -1.88. The summed E-state index contributed by atoms with van der Waals surface area (Å²) in [4.78, 5) is 4.24. The molecule has 0 radical (unpaired) electrons. The SMILES string of the molecule is CNCc1nc(-c2ccc(OC)cc2)no1. The van der Waals surface area contributed by atoms with Crippen LogP contribution in [0, 0.1) is 0 Å². The zero-order valence-corrected chi connectivity index (χ0v) is 9.23. The van der Waals surface area contributed by atoms with Crippen LogP contribution in [0.5, 0.6) is 5.75 Å². The summed E-state index contributed by atoms with van der Waals surface area (Å²) in [5.41, 5.74) is 0.909. The molecule has 5 heteroatoms. The maximum atomic E-state index is 5.07. The van der Waals surface area contributed by atoms with Gasteiger partial charge in [-0.1, -0.05) is 5.16 Å². The van der Waals surface area contributed by atoms with Crippen molar-refractivity contribution in [1.29, 1.82) is 0 Å². The van der Waals surface area contributed by atoms with Crippen molar-refractivity contribution in [1.82, 2.24) is 15.5 Å². The van der Waals surface area contributed by atoms with Crippen molar-refractivity contribution in [2.45, 2.75) is 6.54 Å². The summed E-state index contributed by atoms with van der Waals surface area (Å²) in [7, 11) is 3.46. The molecule has 0 aliphatic carbocycles. The van der Waals surface area contributed by atoms with E-state index >= 15 is 0 Å². The lowest BCUT2D eigenvalue weighted by molar-refractivity contribution is 0.372. The average Bonchev–Trinajstić information content (AvgIpc) is 2.78. The minimum absolute atomic E-state index is 0.573. The fraction of sp³-hybridized carbons (Fsp3) is 0.273. The summed E-state index contributed by atoms with van der Waals surface area (Å²) in [5.74, 6) is 1.98. The van der Waals surface area contributed by atoms with Crippen LogP contribution in [0.4, 0.5) is 0 Å². The first-order valence-electron chi connectivity index (χ1n) is 4.95. The molecule has 0 spiro atoms. The number of hydrogen-bond donors (Lipinski definition) is 1. The lowest BCUT2D eigenvalue weighted by Crippen LogP contribution is -2.04. The van der Waals surface area contributed by atoms with Crippen molar-refractivity contribution in [2.75, 3.05) is 14.2 Å². The first-order chi connectivity index (χ1) is 7.83. The number of nitrogens with zero attached hydrogens (tertiary/aromatic N) is 2. The topological polar surface area (TPSA) is 60.2 Å². The molecular weight excluding hydrogens is 206 g/mol. The molecule has 16 heavy (non-hydrogen) atoms. The van der Waals surface area contributed by atoms with E-state index in [1.54, 1.807) is 7.11 Å². The van der Waals surface area contributed by atoms with E-state index < -0.39 is 0 Å². The summed E-state index contributed by atoms with van der Waals surface area (Å²) in [6.45, 7) is 0.573. The molecule has 0 unspecified atom stereocenters. The second-order valence-electron chi connectivity index (χ2n) is 3.27. The van der Waals surface area contributed by atoms with Crippen LogP contribution in [-0.4, -0.2) is 24.3 Å². The van der Waals surface area contributed by atoms with Gasteiger partial charge >= 0.3 is 0 Å². The highest BCUT2D eigenvalue weighted by atomic mass is 16.5. The number of ether oxygens (including phenoxy) is 1. The van der Waals surface area contributed by atoms with E-state index in [0.717, 1.165) is 11.3 Å². The van der Waals surface area contributed by atoms with E-state index in [-0.39, 0.29) is 0 Å². The summed E-state index contributed by atoms with van der Waals surface area (Å²) >= 11 is 0. The van der Waals surface area contributed by atoms with Crippen LogP contribution in [-0.2, 0) is 6.54 Å². The molecule has 1 aromatic carbocycles. The Kier molecular flexibility index (Phi) is 3.16. The van der Waals surface area contributed by atoms with Crippen molar-refractivity contribution in [3.8, 4) is 17.1 Å². The highest BCUT2D eigenvalue weighted by Gasteiger charge is 2.07. The molecule has 84 valence electrons. The predicted molar refractivity (Wildman–Crippen MR) is 59.0 cm³/mol. The first-order valence-corrected chi connectivity index (χ1v) is 4.95. The Bertz CT molecular complexity index is 451. The molecule has 1 heterocycles. The summed E-state index contributed by atoms with van der Waals surface area (Å²) in [6.07, 6.45) is 0. The van der Waals surface area contributed by atoms with Gasteiger partial charge in [-0.25, -0.2) is 0 Å². The predicted octanol–water partition coefficient (Wildman–Crippen LogP) is 1.46. The van der Waals surface area contributed by atoms with E-state index in [4.69, 9.17) is 9.26 Å². The van der Waals surface area contributed by atoms with Crippen molar-refractivity contribution >= 4 is 0 Å². The lowest BCUT2D eigenvalue weighted by Gasteiger charge is -1.98. The van der Waals surface area contributed by atoms with E-state index in [9.17, 15) is 0 Å². The average molecular weight is 219 g/mol. The van der Waals surface area contributed by atoms with Gasteiger partial charge in [0.25, 0.3) is 0 Å². The summed E-state index contributed by atoms with van der Waals surface area (Å²) in [5, 5.41) is 6.84. The summed E-state index contributed by atoms with van der Waals surface area (Å²) < 4.78 is 10.1. The van der Waals surface area contributed by atoms with Crippen LogP contribution in [0.1, 0.15) is 5.89 Å². The van der Waals surface area contributed by atoms with Gasteiger partial charge < -0.3 is 14.6 Å². The number of hydrogen-bond acceptors (Lipinski definition) is 5. The molecule has 0 amide bonds. The Morgan fingerprint density at radius 2 is 2.06 bits per heavy atom. The van der Waals surface area contributed by atoms with Gasteiger partial charge in [-0.15, -0.1) is 0 Å². The van der Waals surface area contributed by atoms with E-state index in [1.807, 2.05) is 31.3 Å². The molecule has 0 saturated carbocycles. The van der Waals surface area contributed by atoms with E-state index in [1.165, 1.54) is 0 Å². The molecule has 0 atom stereocenters. The van der Waals surface area contributed by atoms with Crippen LogP contribution in [0.2, 0.25) is 0 Å². The van der Waals surface area contributed by atoms with Crippen LogP contribution in [0.25, 0.3) is 11.4 Å². The number of benzene rings is 1. The smallest absolute Gasteiger partial charge is 0.240 e. The first kappa shape index (κ1) is 10.6. The maximum absolute atomic E-state index is 5.07. The zero-order chi connectivity index (χ0) is 11.4. The number of nitrogens with one attached hydrogen (secondary N) is 1. The molecule has 2 aromatic rings. The van der Waals surface area contributed by atoms with Crippen LogP contribution in [0.15, 0.2) is 28.8 Å². The number of aromatic nitrogens is 2. The highest BCUT2D eigenvalue weighted by Crippen LogP contribution is 2.19. The molecule has 0 bridgehead atoms. The third kappa shape index (κ3) is 2.20. The second kappa shape index (κ2) is 4.76. The van der Waals surface area contributed by atoms with Gasteiger partial charge in [0, 0.05) is 5.56 Å². The monoisotopic (exact) mass is 219 g/mol. The van der Waals surface area contributed by atoms with Gasteiger partial charge in [0.15, 0.2) is 0 Å². The van der Waals surface area contributed by atoms with Crippen LogP contribution < -0.4 is 10.1 Å². The molecule has 0 aliphatic rings. The van der Waals surface area contributed by atoms with Crippen LogP contribution >= 0.6 is 0 Å². The Morgan fingerprint density at radius 3 is 2.69 bits per heavy atom. The Balaban J connectivity index is 2.21. The highest BCUT2D eigenvalue weighted by molar-refractivity contribution is 5.55. The summed E-state index contributed by atoms with van der Waals surface area (Å²) in [6, 6.07) is 7.52.